The molecule has 4 nitrogen and oxygen atoms in total. The van der Waals surface area contributed by atoms with Crippen LogP contribution in [0.15, 0.2) is 53.3 Å². The fourth-order valence-corrected chi connectivity index (χ4v) is 2.48. The number of ether oxygens (including phenoxy) is 1. The lowest BCUT2D eigenvalue weighted by Crippen LogP contribution is -2.23. The summed E-state index contributed by atoms with van der Waals surface area (Å²) in [5, 5.41) is 0. The maximum absolute atomic E-state index is 12.4. The molecular formula is C17H16N2O2. The molecule has 4 heteroatoms. The van der Waals surface area contributed by atoms with E-state index >= 15 is 0 Å². The Kier molecular flexibility index (Phi) is 3.44. The zero-order chi connectivity index (χ0) is 14.8. The Bertz CT molecular complexity index is 853. The summed E-state index contributed by atoms with van der Waals surface area (Å²) >= 11 is 0. The van der Waals surface area contributed by atoms with E-state index in [1.54, 1.807) is 18.7 Å². The molecule has 1 heterocycles. The number of fused-ring (bicyclic) bond motifs is 1. The molecule has 0 N–H and O–H groups in total. The van der Waals surface area contributed by atoms with Crippen LogP contribution in [-0.4, -0.2) is 16.7 Å². The lowest BCUT2D eigenvalue weighted by molar-refractivity contribution is 0.410. The molecule has 21 heavy (non-hydrogen) atoms. The van der Waals surface area contributed by atoms with Gasteiger partial charge in [0.25, 0.3) is 5.56 Å². The number of aromatic nitrogens is 2. The smallest absolute Gasteiger partial charge is 0.272 e. The summed E-state index contributed by atoms with van der Waals surface area (Å²) in [4.78, 5) is 17.0. The van der Waals surface area contributed by atoms with Crippen molar-refractivity contribution < 1.29 is 4.74 Å². The second kappa shape index (κ2) is 5.40. The third kappa shape index (κ3) is 2.40. The largest absolute Gasteiger partial charge is 0.496 e. The highest BCUT2D eigenvalue weighted by atomic mass is 16.5. The highest BCUT2D eigenvalue weighted by Crippen LogP contribution is 2.20. The average molecular weight is 280 g/mol. The Morgan fingerprint density at radius 2 is 1.81 bits per heavy atom. The minimum absolute atomic E-state index is 0.0698. The molecule has 0 fully saturated rings. The normalized spacial score (nSPS) is 10.8. The van der Waals surface area contributed by atoms with Gasteiger partial charge in [0.2, 0.25) is 0 Å². The van der Waals surface area contributed by atoms with Gasteiger partial charge < -0.3 is 9.30 Å². The molecule has 0 bridgehead atoms. The Balaban J connectivity index is 2.13. The second-order valence-corrected chi connectivity index (χ2v) is 4.90. The molecule has 0 atom stereocenters. The van der Waals surface area contributed by atoms with Crippen LogP contribution in [0.2, 0.25) is 0 Å². The highest BCUT2D eigenvalue weighted by Gasteiger charge is 2.11. The van der Waals surface area contributed by atoms with Gasteiger partial charge in [-0.2, -0.15) is 0 Å². The monoisotopic (exact) mass is 280 g/mol. The first-order chi connectivity index (χ1) is 10.2. The lowest BCUT2D eigenvalue weighted by atomic mass is 10.1. The molecule has 0 saturated carbocycles. The quantitative estimate of drug-likeness (QED) is 0.740. The summed E-state index contributed by atoms with van der Waals surface area (Å²) in [5.74, 6) is 0.773. The fraction of sp³-hybridized carbons (Fsp3) is 0.176. The van der Waals surface area contributed by atoms with Crippen molar-refractivity contribution in [2.24, 2.45) is 7.05 Å². The molecule has 3 aromatic rings. The number of para-hydroxylation sites is 3. The van der Waals surface area contributed by atoms with Gasteiger partial charge in [-0.15, -0.1) is 0 Å². The Morgan fingerprint density at radius 3 is 2.62 bits per heavy atom. The molecule has 1 aromatic heterocycles. The van der Waals surface area contributed by atoms with E-state index in [1.165, 1.54) is 0 Å². The van der Waals surface area contributed by atoms with Gasteiger partial charge in [0, 0.05) is 19.0 Å². The number of nitrogens with zero attached hydrogens (tertiary/aromatic N) is 2. The lowest BCUT2D eigenvalue weighted by Gasteiger charge is -2.10. The van der Waals surface area contributed by atoms with Crippen molar-refractivity contribution in [3.05, 3.63) is 70.1 Å². The summed E-state index contributed by atoms with van der Waals surface area (Å²) in [6.45, 7) is 0. The maximum Gasteiger partial charge on any atom is 0.272 e. The van der Waals surface area contributed by atoms with Crippen molar-refractivity contribution in [2.75, 3.05) is 7.11 Å². The minimum atomic E-state index is -0.0698. The van der Waals surface area contributed by atoms with Gasteiger partial charge in [-0.25, -0.2) is 4.98 Å². The van der Waals surface area contributed by atoms with E-state index < -0.39 is 0 Å². The summed E-state index contributed by atoms with van der Waals surface area (Å²) in [6, 6.07) is 15.3. The van der Waals surface area contributed by atoms with E-state index in [1.807, 2.05) is 48.5 Å². The Morgan fingerprint density at radius 1 is 1.10 bits per heavy atom. The number of hydrogen-bond acceptors (Lipinski definition) is 3. The highest BCUT2D eigenvalue weighted by molar-refractivity contribution is 5.74. The molecule has 0 unspecified atom stereocenters. The van der Waals surface area contributed by atoms with E-state index in [2.05, 4.69) is 4.98 Å². The van der Waals surface area contributed by atoms with Gasteiger partial charge in [-0.05, 0) is 18.2 Å². The first kappa shape index (κ1) is 13.4. The van der Waals surface area contributed by atoms with Gasteiger partial charge in [0.05, 0.1) is 18.1 Å². The predicted molar refractivity (Wildman–Crippen MR) is 82.8 cm³/mol. The molecular weight excluding hydrogens is 264 g/mol. The average Bonchev–Trinajstić information content (AvgIpc) is 2.53. The predicted octanol–water partition coefficient (Wildman–Crippen LogP) is 2.53. The van der Waals surface area contributed by atoms with Crippen LogP contribution < -0.4 is 10.3 Å². The SMILES string of the molecule is COc1ccccc1Cc1nc2ccccc2n(C)c1=O. The minimum Gasteiger partial charge on any atom is -0.496 e. The molecule has 0 aliphatic carbocycles. The first-order valence-corrected chi connectivity index (χ1v) is 6.77. The van der Waals surface area contributed by atoms with Crippen LogP contribution in [0.1, 0.15) is 11.3 Å². The van der Waals surface area contributed by atoms with Gasteiger partial charge in [-0.1, -0.05) is 30.3 Å². The van der Waals surface area contributed by atoms with Crippen LogP contribution in [-0.2, 0) is 13.5 Å². The standard InChI is InChI=1S/C17H16N2O2/c1-19-15-9-5-4-8-13(15)18-14(17(19)20)11-12-7-3-6-10-16(12)21-2/h3-10H,11H2,1-2H3. The molecule has 0 spiro atoms. The van der Waals surface area contributed by atoms with E-state index in [-0.39, 0.29) is 5.56 Å². The van der Waals surface area contributed by atoms with Gasteiger partial charge in [0.15, 0.2) is 0 Å². The van der Waals surface area contributed by atoms with Crippen LogP contribution in [0.5, 0.6) is 5.75 Å². The van der Waals surface area contributed by atoms with Crippen molar-refractivity contribution in [2.45, 2.75) is 6.42 Å². The maximum atomic E-state index is 12.4. The zero-order valence-electron chi connectivity index (χ0n) is 12.0. The van der Waals surface area contributed by atoms with Crippen molar-refractivity contribution in [3.8, 4) is 5.75 Å². The van der Waals surface area contributed by atoms with E-state index in [9.17, 15) is 4.79 Å². The van der Waals surface area contributed by atoms with Gasteiger partial charge in [0.1, 0.15) is 11.4 Å². The van der Waals surface area contributed by atoms with E-state index in [0.29, 0.717) is 12.1 Å². The number of rotatable bonds is 3. The summed E-state index contributed by atoms with van der Waals surface area (Å²) in [5.41, 5.74) is 3.08. The number of methoxy groups -OCH3 is 1. The van der Waals surface area contributed by atoms with Crippen molar-refractivity contribution in [3.63, 3.8) is 0 Å². The summed E-state index contributed by atoms with van der Waals surface area (Å²) in [7, 11) is 3.41. The van der Waals surface area contributed by atoms with Crippen molar-refractivity contribution in [1.82, 2.24) is 9.55 Å². The number of aryl methyl sites for hydroxylation is 1. The molecule has 3 rings (SSSR count). The fourth-order valence-electron chi connectivity index (χ4n) is 2.48. The summed E-state index contributed by atoms with van der Waals surface area (Å²) < 4.78 is 6.98. The Hall–Kier alpha value is -2.62. The second-order valence-electron chi connectivity index (χ2n) is 4.90. The van der Waals surface area contributed by atoms with Crippen LogP contribution in [0.25, 0.3) is 11.0 Å². The van der Waals surface area contributed by atoms with Crippen LogP contribution in [0, 0.1) is 0 Å². The third-order valence-corrected chi connectivity index (χ3v) is 3.60. The number of benzene rings is 2. The van der Waals surface area contributed by atoms with Crippen LogP contribution in [0.3, 0.4) is 0 Å². The molecule has 0 radical (unpaired) electrons. The molecule has 0 amide bonds. The topological polar surface area (TPSA) is 44.1 Å². The van der Waals surface area contributed by atoms with Crippen LogP contribution >= 0.6 is 0 Å². The van der Waals surface area contributed by atoms with Crippen molar-refractivity contribution >= 4 is 11.0 Å². The zero-order valence-corrected chi connectivity index (χ0v) is 12.0. The number of hydrogen-bond donors (Lipinski definition) is 0. The summed E-state index contributed by atoms with van der Waals surface area (Å²) in [6.07, 6.45) is 0.460. The van der Waals surface area contributed by atoms with Gasteiger partial charge in [-0.3, -0.25) is 4.79 Å². The molecule has 106 valence electrons. The van der Waals surface area contributed by atoms with E-state index in [4.69, 9.17) is 4.74 Å². The van der Waals surface area contributed by atoms with Crippen LogP contribution in [0.4, 0.5) is 0 Å². The molecule has 0 aliphatic heterocycles. The molecule has 0 aliphatic rings. The molecule has 0 saturated heterocycles. The van der Waals surface area contributed by atoms with E-state index in [0.717, 1.165) is 22.3 Å². The van der Waals surface area contributed by atoms with Crippen molar-refractivity contribution in [1.29, 1.82) is 0 Å². The molecule has 2 aromatic carbocycles. The van der Waals surface area contributed by atoms with Gasteiger partial charge >= 0.3 is 0 Å². The first-order valence-electron chi connectivity index (χ1n) is 6.77. The third-order valence-electron chi connectivity index (χ3n) is 3.60. The Labute approximate surface area is 122 Å².